The van der Waals surface area contributed by atoms with Gasteiger partial charge in [0.15, 0.2) is 0 Å². The molecular weight excluding hydrogens is 186 g/mol. The van der Waals surface area contributed by atoms with Crippen molar-refractivity contribution in [3.8, 4) is 0 Å². The number of hydrogen-bond donors (Lipinski definition) is 1. The number of rotatable bonds is 2. The summed E-state index contributed by atoms with van der Waals surface area (Å²) in [4.78, 5) is 0. The monoisotopic (exact) mass is 198 g/mol. The number of halogens is 2. The van der Waals surface area contributed by atoms with Crippen molar-refractivity contribution >= 4 is 0 Å². The molecule has 1 fully saturated rings. The second-order valence-corrected chi connectivity index (χ2v) is 3.80. The highest BCUT2D eigenvalue weighted by Crippen LogP contribution is 2.38. The van der Waals surface area contributed by atoms with E-state index in [2.05, 4.69) is 0 Å². The normalized spacial score (nSPS) is 19.1. The lowest BCUT2D eigenvalue weighted by Gasteiger charge is -2.30. The third kappa shape index (κ3) is 1.64. The summed E-state index contributed by atoms with van der Waals surface area (Å²) in [6, 6.07) is 3.32. The van der Waals surface area contributed by atoms with Gasteiger partial charge in [0.1, 0.15) is 11.6 Å². The maximum absolute atomic E-state index is 13.2. The molecule has 14 heavy (non-hydrogen) atoms. The first-order chi connectivity index (χ1) is 6.68. The zero-order valence-corrected chi connectivity index (χ0v) is 7.71. The Morgan fingerprint density at radius 2 is 2.00 bits per heavy atom. The van der Waals surface area contributed by atoms with E-state index in [1.165, 1.54) is 12.1 Å². The van der Waals surface area contributed by atoms with Gasteiger partial charge in [-0.05, 0) is 24.8 Å². The quantitative estimate of drug-likeness (QED) is 0.774. The molecule has 0 aromatic heterocycles. The third-order valence-electron chi connectivity index (χ3n) is 2.88. The average molecular weight is 198 g/mol. The summed E-state index contributed by atoms with van der Waals surface area (Å²) >= 11 is 0. The predicted molar refractivity (Wildman–Crippen MR) is 48.7 cm³/mol. The van der Waals surface area contributed by atoms with Gasteiger partial charge in [-0.1, -0.05) is 12.5 Å². The molecule has 1 unspecified atom stereocenters. The molecule has 0 bridgehead atoms. The standard InChI is InChI=1S/C11H12F2O/c12-8-4-5-9(10(13)6-8)11(14)7-2-1-3-7/h4-7,11,14H,1-3H2. The fourth-order valence-corrected chi connectivity index (χ4v) is 1.75. The largest absolute Gasteiger partial charge is 0.388 e. The zero-order valence-electron chi connectivity index (χ0n) is 7.71. The van der Waals surface area contributed by atoms with Crippen molar-refractivity contribution in [2.75, 3.05) is 0 Å². The van der Waals surface area contributed by atoms with Gasteiger partial charge in [-0.25, -0.2) is 8.78 Å². The number of aliphatic hydroxyl groups excluding tert-OH is 1. The number of hydrogen-bond acceptors (Lipinski definition) is 1. The van der Waals surface area contributed by atoms with Crippen LogP contribution in [0.5, 0.6) is 0 Å². The van der Waals surface area contributed by atoms with Gasteiger partial charge in [-0.15, -0.1) is 0 Å². The molecule has 1 N–H and O–H groups in total. The van der Waals surface area contributed by atoms with E-state index in [-0.39, 0.29) is 11.5 Å². The Morgan fingerprint density at radius 3 is 2.50 bits per heavy atom. The lowest BCUT2D eigenvalue weighted by atomic mass is 9.79. The van der Waals surface area contributed by atoms with Crippen LogP contribution in [0.2, 0.25) is 0 Å². The molecule has 0 radical (unpaired) electrons. The van der Waals surface area contributed by atoms with Crippen LogP contribution in [0.3, 0.4) is 0 Å². The molecule has 1 aromatic carbocycles. The van der Waals surface area contributed by atoms with E-state index < -0.39 is 17.7 Å². The van der Waals surface area contributed by atoms with Crippen molar-refractivity contribution in [2.45, 2.75) is 25.4 Å². The summed E-state index contributed by atoms with van der Waals surface area (Å²) < 4.78 is 25.8. The van der Waals surface area contributed by atoms with Crippen LogP contribution in [0.15, 0.2) is 18.2 Å². The zero-order chi connectivity index (χ0) is 10.1. The molecule has 0 saturated heterocycles. The fraction of sp³-hybridized carbons (Fsp3) is 0.455. The summed E-state index contributed by atoms with van der Waals surface area (Å²) in [7, 11) is 0. The number of benzene rings is 1. The molecule has 1 aromatic rings. The Morgan fingerprint density at radius 1 is 1.29 bits per heavy atom. The van der Waals surface area contributed by atoms with Crippen molar-refractivity contribution in [1.29, 1.82) is 0 Å². The van der Waals surface area contributed by atoms with Crippen molar-refractivity contribution < 1.29 is 13.9 Å². The SMILES string of the molecule is OC(c1ccc(F)cc1F)C1CCC1. The maximum Gasteiger partial charge on any atom is 0.131 e. The summed E-state index contributed by atoms with van der Waals surface area (Å²) in [5, 5.41) is 9.75. The molecule has 1 saturated carbocycles. The number of aliphatic hydroxyl groups is 1. The van der Waals surface area contributed by atoms with Gasteiger partial charge in [0.05, 0.1) is 6.10 Å². The van der Waals surface area contributed by atoms with Gasteiger partial charge in [0.2, 0.25) is 0 Å². The first kappa shape index (κ1) is 9.59. The van der Waals surface area contributed by atoms with Gasteiger partial charge >= 0.3 is 0 Å². The van der Waals surface area contributed by atoms with Gasteiger partial charge in [-0.2, -0.15) is 0 Å². The van der Waals surface area contributed by atoms with Crippen LogP contribution in [0.4, 0.5) is 8.78 Å². The van der Waals surface area contributed by atoms with Crippen LogP contribution < -0.4 is 0 Å². The molecule has 1 aliphatic carbocycles. The van der Waals surface area contributed by atoms with Crippen molar-refractivity contribution in [1.82, 2.24) is 0 Å². The van der Waals surface area contributed by atoms with Crippen molar-refractivity contribution in [3.05, 3.63) is 35.4 Å². The molecular formula is C11H12F2O. The van der Waals surface area contributed by atoms with E-state index in [9.17, 15) is 13.9 Å². The van der Waals surface area contributed by atoms with Gasteiger partial charge in [-0.3, -0.25) is 0 Å². The molecule has 2 rings (SSSR count). The summed E-state index contributed by atoms with van der Waals surface area (Å²) in [5.41, 5.74) is 0.219. The molecule has 1 nitrogen and oxygen atoms in total. The van der Waals surface area contributed by atoms with Crippen LogP contribution in [0.1, 0.15) is 30.9 Å². The first-order valence-corrected chi connectivity index (χ1v) is 4.81. The third-order valence-corrected chi connectivity index (χ3v) is 2.88. The van der Waals surface area contributed by atoms with Crippen LogP contribution in [-0.4, -0.2) is 5.11 Å². The summed E-state index contributed by atoms with van der Waals surface area (Å²) in [6.07, 6.45) is 2.17. The highest BCUT2D eigenvalue weighted by molar-refractivity contribution is 5.21. The Balaban J connectivity index is 2.22. The molecule has 1 aliphatic rings. The Hall–Kier alpha value is -0.960. The highest BCUT2D eigenvalue weighted by Gasteiger charge is 2.28. The van der Waals surface area contributed by atoms with E-state index >= 15 is 0 Å². The van der Waals surface area contributed by atoms with E-state index in [1.807, 2.05) is 0 Å². The Kier molecular flexibility index (Phi) is 2.50. The molecule has 0 aliphatic heterocycles. The van der Waals surface area contributed by atoms with E-state index in [0.29, 0.717) is 0 Å². The molecule has 76 valence electrons. The second kappa shape index (κ2) is 3.65. The minimum absolute atomic E-state index is 0.148. The Labute approximate surface area is 81.4 Å². The van der Waals surface area contributed by atoms with Crippen LogP contribution in [0, 0.1) is 17.6 Å². The molecule has 0 amide bonds. The Bertz CT molecular complexity index is 334. The smallest absolute Gasteiger partial charge is 0.131 e. The lowest BCUT2D eigenvalue weighted by Crippen LogP contribution is -2.20. The fourth-order valence-electron chi connectivity index (χ4n) is 1.75. The topological polar surface area (TPSA) is 20.2 Å². The molecule has 0 spiro atoms. The minimum atomic E-state index is -0.774. The van der Waals surface area contributed by atoms with Crippen LogP contribution >= 0.6 is 0 Å². The van der Waals surface area contributed by atoms with E-state index in [0.717, 1.165) is 25.3 Å². The van der Waals surface area contributed by atoms with Gasteiger partial charge in [0.25, 0.3) is 0 Å². The van der Waals surface area contributed by atoms with Crippen molar-refractivity contribution in [2.24, 2.45) is 5.92 Å². The van der Waals surface area contributed by atoms with Gasteiger partial charge in [0, 0.05) is 11.6 Å². The summed E-state index contributed by atoms with van der Waals surface area (Å²) in [6.45, 7) is 0. The van der Waals surface area contributed by atoms with E-state index in [4.69, 9.17) is 0 Å². The average Bonchev–Trinajstić information content (AvgIpc) is 2.00. The van der Waals surface area contributed by atoms with Crippen molar-refractivity contribution in [3.63, 3.8) is 0 Å². The molecule has 1 atom stereocenters. The lowest BCUT2D eigenvalue weighted by molar-refractivity contribution is 0.0591. The van der Waals surface area contributed by atoms with Crippen LogP contribution in [-0.2, 0) is 0 Å². The minimum Gasteiger partial charge on any atom is -0.388 e. The van der Waals surface area contributed by atoms with E-state index in [1.54, 1.807) is 0 Å². The molecule has 0 heterocycles. The second-order valence-electron chi connectivity index (χ2n) is 3.80. The highest BCUT2D eigenvalue weighted by atomic mass is 19.1. The predicted octanol–water partition coefficient (Wildman–Crippen LogP) is 2.80. The van der Waals surface area contributed by atoms with Crippen LogP contribution in [0.25, 0.3) is 0 Å². The maximum atomic E-state index is 13.2. The molecule has 3 heteroatoms. The van der Waals surface area contributed by atoms with Gasteiger partial charge < -0.3 is 5.11 Å². The first-order valence-electron chi connectivity index (χ1n) is 4.81. The summed E-state index contributed by atoms with van der Waals surface area (Å²) in [5.74, 6) is -1.11.